The van der Waals surface area contributed by atoms with Gasteiger partial charge in [-0.1, -0.05) is 12.8 Å². The fraction of sp³-hybridized carbons (Fsp3) is 0.727. The van der Waals surface area contributed by atoms with Crippen LogP contribution < -0.4 is 5.43 Å². The largest absolute Gasteiger partial charge is 0.269 e. The molecule has 4 nitrogen and oxygen atoms in total. The number of nitrogens with one attached hydrogen (secondary N) is 1. The molecule has 15 heavy (non-hydrogen) atoms. The van der Waals surface area contributed by atoms with Crippen molar-refractivity contribution in [2.45, 2.75) is 38.3 Å². The van der Waals surface area contributed by atoms with Gasteiger partial charge in [0.1, 0.15) is 0 Å². The summed E-state index contributed by atoms with van der Waals surface area (Å²) in [6, 6.07) is 2.76. The van der Waals surface area contributed by atoms with E-state index in [1.807, 2.05) is 19.1 Å². The zero-order chi connectivity index (χ0) is 10.7. The third-order valence-electron chi connectivity index (χ3n) is 2.94. The van der Waals surface area contributed by atoms with Crippen LogP contribution in [0.25, 0.3) is 0 Å². The van der Waals surface area contributed by atoms with Gasteiger partial charge >= 0.3 is 0 Å². The molecule has 1 aromatic heterocycles. The summed E-state index contributed by atoms with van der Waals surface area (Å²) in [5.41, 5.74) is 4.34. The SMILES string of the molecule is CN(C)NCc1ccn(C2CCCC2)n1. The molecule has 1 aromatic rings. The third kappa shape index (κ3) is 2.79. The Hall–Kier alpha value is -0.870. The summed E-state index contributed by atoms with van der Waals surface area (Å²) in [5.74, 6) is 0. The molecule has 2 rings (SSSR count). The zero-order valence-electron chi connectivity index (χ0n) is 9.61. The van der Waals surface area contributed by atoms with E-state index in [1.165, 1.54) is 25.7 Å². The van der Waals surface area contributed by atoms with Crippen LogP contribution in [0.2, 0.25) is 0 Å². The molecule has 0 aliphatic heterocycles. The molecule has 0 spiro atoms. The molecule has 1 heterocycles. The Morgan fingerprint density at radius 1 is 1.47 bits per heavy atom. The van der Waals surface area contributed by atoms with Crippen LogP contribution in [0.15, 0.2) is 12.3 Å². The van der Waals surface area contributed by atoms with Gasteiger partial charge in [-0.15, -0.1) is 0 Å². The Morgan fingerprint density at radius 3 is 2.87 bits per heavy atom. The van der Waals surface area contributed by atoms with Gasteiger partial charge in [0, 0.05) is 20.3 Å². The van der Waals surface area contributed by atoms with Crippen molar-refractivity contribution in [3.8, 4) is 0 Å². The van der Waals surface area contributed by atoms with Gasteiger partial charge in [-0.05, 0) is 18.9 Å². The Morgan fingerprint density at radius 2 is 2.20 bits per heavy atom. The second-order valence-corrected chi connectivity index (χ2v) is 4.45. The van der Waals surface area contributed by atoms with Crippen molar-refractivity contribution in [1.29, 1.82) is 0 Å². The number of hydrazine groups is 1. The summed E-state index contributed by atoms with van der Waals surface area (Å²) in [6.45, 7) is 0.812. The summed E-state index contributed by atoms with van der Waals surface area (Å²) < 4.78 is 2.14. The van der Waals surface area contributed by atoms with E-state index in [0.717, 1.165) is 12.2 Å². The molecule has 0 amide bonds. The summed E-state index contributed by atoms with van der Waals surface area (Å²) in [5, 5.41) is 6.54. The maximum absolute atomic E-state index is 4.59. The van der Waals surface area contributed by atoms with E-state index in [0.29, 0.717) is 6.04 Å². The Balaban J connectivity index is 1.91. The number of rotatable bonds is 4. The fourth-order valence-corrected chi connectivity index (χ4v) is 2.08. The number of nitrogens with zero attached hydrogens (tertiary/aromatic N) is 3. The molecular weight excluding hydrogens is 188 g/mol. The zero-order valence-corrected chi connectivity index (χ0v) is 9.61. The highest BCUT2D eigenvalue weighted by Crippen LogP contribution is 2.28. The van der Waals surface area contributed by atoms with Gasteiger partial charge < -0.3 is 0 Å². The van der Waals surface area contributed by atoms with Crippen LogP contribution in [0.5, 0.6) is 0 Å². The second kappa shape index (κ2) is 4.77. The smallest absolute Gasteiger partial charge is 0.0776 e. The number of hydrogen-bond donors (Lipinski definition) is 1. The van der Waals surface area contributed by atoms with Crippen molar-refractivity contribution in [3.63, 3.8) is 0 Å². The molecule has 84 valence electrons. The highest BCUT2D eigenvalue weighted by molar-refractivity contribution is 4.99. The van der Waals surface area contributed by atoms with Gasteiger partial charge in [-0.3, -0.25) is 9.69 Å². The normalized spacial score (nSPS) is 17.8. The summed E-state index contributed by atoms with van der Waals surface area (Å²) in [4.78, 5) is 0. The molecule has 0 radical (unpaired) electrons. The average Bonchev–Trinajstić information content (AvgIpc) is 2.85. The van der Waals surface area contributed by atoms with Crippen LogP contribution in [-0.4, -0.2) is 28.9 Å². The molecule has 1 aliphatic rings. The second-order valence-electron chi connectivity index (χ2n) is 4.45. The van der Waals surface area contributed by atoms with Crippen LogP contribution in [0.4, 0.5) is 0 Å². The van der Waals surface area contributed by atoms with Crippen LogP contribution in [0, 0.1) is 0 Å². The maximum atomic E-state index is 4.59. The molecule has 1 N–H and O–H groups in total. The van der Waals surface area contributed by atoms with Gasteiger partial charge in [-0.25, -0.2) is 5.43 Å². The van der Waals surface area contributed by atoms with E-state index >= 15 is 0 Å². The van der Waals surface area contributed by atoms with Crippen LogP contribution >= 0.6 is 0 Å². The molecular formula is C11H20N4. The molecule has 1 aliphatic carbocycles. The lowest BCUT2D eigenvalue weighted by Crippen LogP contribution is -2.29. The quantitative estimate of drug-likeness (QED) is 0.762. The first-order valence-corrected chi connectivity index (χ1v) is 5.70. The average molecular weight is 208 g/mol. The van der Waals surface area contributed by atoms with Crippen molar-refractivity contribution in [1.82, 2.24) is 20.2 Å². The highest BCUT2D eigenvalue weighted by atomic mass is 15.5. The highest BCUT2D eigenvalue weighted by Gasteiger charge is 2.17. The first kappa shape index (κ1) is 10.6. The van der Waals surface area contributed by atoms with Crippen LogP contribution in [0.3, 0.4) is 0 Å². The minimum absolute atomic E-state index is 0.651. The van der Waals surface area contributed by atoms with Crippen molar-refractivity contribution < 1.29 is 0 Å². The molecule has 0 bridgehead atoms. The lowest BCUT2D eigenvalue weighted by molar-refractivity contribution is 0.283. The van der Waals surface area contributed by atoms with Gasteiger partial charge in [0.05, 0.1) is 18.3 Å². The van der Waals surface area contributed by atoms with E-state index < -0.39 is 0 Å². The van der Waals surface area contributed by atoms with Gasteiger partial charge in [-0.2, -0.15) is 5.10 Å². The van der Waals surface area contributed by atoms with E-state index in [4.69, 9.17) is 0 Å². The maximum Gasteiger partial charge on any atom is 0.0776 e. The topological polar surface area (TPSA) is 33.1 Å². The van der Waals surface area contributed by atoms with E-state index in [-0.39, 0.29) is 0 Å². The molecule has 1 fully saturated rings. The molecule has 0 saturated heterocycles. The van der Waals surface area contributed by atoms with Gasteiger partial charge in [0.25, 0.3) is 0 Å². The van der Waals surface area contributed by atoms with E-state index in [9.17, 15) is 0 Å². The van der Waals surface area contributed by atoms with Crippen molar-refractivity contribution in [2.75, 3.05) is 14.1 Å². The Bertz CT molecular complexity index is 299. The third-order valence-corrected chi connectivity index (χ3v) is 2.94. The van der Waals surface area contributed by atoms with E-state index in [2.05, 4.69) is 27.5 Å². The Kier molecular flexibility index (Phi) is 3.38. The van der Waals surface area contributed by atoms with Gasteiger partial charge in [0.2, 0.25) is 0 Å². The van der Waals surface area contributed by atoms with Crippen molar-refractivity contribution in [2.24, 2.45) is 0 Å². The monoisotopic (exact) mass is 208 g/mol. The number of hydrogen-bond acceptors (Lipinski definition) is 3. The predicted molar refractivity (Wildman–Crippen MR) is 60.3 cm³/mol. The molecule has 0 unspecified atom stereocenters. The minimum Gasteiger partial charge on any atom is -0.269 e. The molecule has 4 heteroatoms. The number of aromatic nitrogens is 2. The van der Waals surface area contributed by atoms with Crippen molar-refractivity contribution in [3.05, 3.63) is 18.0 Å². The molecule has 0 aromatic carbocycles. The summed E-state index contributed by atoms with van der Waals surface area (Å²) >= 11 is 0. The first-order valence-electron chi connectivity index (χ1n) is 5.70. The Labute approximate surface area is 91.2 Å². The van der Waals surface area contributed by atoms with E-state index in [1.54, 1.807) is 0 Å². The lowest BCUT2D eigenvalue weighted by atomic mass is 10.3. The lowest BCUT2D eigenvalue weighted by Gasteiger charge is -2.11. The summed E-state index contributed by atoms with van der Waals surface area (Å²) in [7, 11) is 3.99. The summed E-state index contributed by atoms with van der Waals surface area (Å²) in [6.07, 6.45) is 7.42. The molecule has 1 saturated carbocycles. The molecule has 0 atom stereocenters. The fourth-order valence-electron chi connectivity index (χ4n) is 2.08. The van der Waals surface area contributed by atoms with Gasteiger partial charge in [0.15, 0.2) is 0 Å². The minimum atomic E-state index is 0.651. The van der Waals surface area contributed by atoms with Crippen LogP contribution in [0.1, 0.15) is 37.4 Å². The first-order chi connectivity index (χ1) is 7.25. The predicted octanol–water partition coefficient (Wildman–Crippen LogP) is 1.56. The standard InChI is InChI=1S/C11H20N4/c1-14(2)12-9-10-7-8-15(13-10)11-5-3-4-6-11/h7-8,11-12H,3-6,9H2,1-2H3. The van der Waals surface area contributed by atoms with Crippen LogP contribution in [-0.2, 0) is 6.54 Å². The van der Waals surface area contributed by atoms with Crippen molar-refractivity contribution >= 4 is 0 Å².